The van der Waals surface area contributed by atoms with Crippen LogP contribution in [0.5, 0.6) is 5.75 Å². The summed E-state index contributed by atoms with van der Waals surface area (Å²) < 4.78 is 36.6. The van der Waals surface area contributed by atoms with Crippen molar-refractivity contribution in [1.82, 2.24) is 0 Å². The summed E-state index contributed by atoms with van der Waals surface area (Å²) in [6.07, 6.45) is 0. The first-order valence-electron chi connectivity index (χ1n) is 5.01. The van der Waals surface area contributed by atoms with Crippen LogP contribution >= 0.6 is 0 Å². The maximum absolute atomic E-state index is 13.5. The molecule has 17 heavy (non-hydrogen) atoms. The highest BCUT2D eigenvalue weighted by atomic mass is 19.1. The van der Waals surface area contributed by atoms with E-state index in [1.165, 1.54) is 7.11 Å². The number of methoxy groups -OCH3 is 1. The lowest BCUT2D eigenvalue weighted by molar-refractivity contribution is 0.00595. The van der Waals surface area contributed by atoms with Crippen molar-refractivity contribution in [1.29, 1.82) is 0 Å². The smallest absolute Gasteiger partial charge is 0.344 e. The van der Waals surface area contributed by atoms with E-state index in [4.69, 9.17) is 4.74 Å². The molecule has 94 valence electrons. The molecular formula is C12H14F2O3. The van der Waals surface area contributed by atoms with Crippen LogP contribution in [0.1, 0.15) is 31.1 Å². The number of halogens is 2. The van der Waals surface area contributed by atoms with Gasteiger partial charge in [0.2, 0.25) is 0 Å². The summed E-state index contributed by atoms with van der Waals surface area (Å²) >= 11 is 0. The Morgan fingerprint density at radius 3 is 2.00 bits per heavy atom. The van der Waals surface area contributed by atoms with Crippen LogP contribution in [0.25, 0.3) is 0 Å². The van der Waals surface area contributed by atoms with E-state index in [0.717, 1.165) is 12.1 Å². The second kappa shape index (κ2) is 4.69. The second-order valence-electron chi connectivity index (χ2n) is 4.47. The molecule has 0 aliphatic carbocycles. The minimum atomic E-state index is -1.03. The van der Waals surface area contributed by atoms with Crippen LogP contribution in [0, 0.1) is 11.6 Å². The van der Waals surface area contributed by atoms with E-state index < -0.39 is 28.8 Å². The van der Waals surface area contributed by atoms with Gasteiger partial charge < -0.3 is 9.47 Å². The summed E-state index contributed by atoms with van der Waals surface area (Å²) in [6.45, 7) is 4.85. The van der Waals surface area contributed by atoms with Crippen LogP contribution in [-0.4, -0.2) is 18.7 Å². The molecule has 1 aromatic carbocycles. The van der Waals surface area contributed by atoms with Crippen molar-refractivity contribution in [2.45, 2.75) is 26.4 Å². The van der Waals surface area contributed by atoms with Gasteiger partial charge in [-0.1, -0.05) is 0 Å². The van der Waals surface area contributed by atoms with Gasteiger partial charge in [0, 0.05) is 12.1 Å². The Morgan fingerprint density at radius 1 is 1.18 bits per heavy atom. The lowest BCUT2D eigenvalue weighted by Gasteiger charge is -2.19. The lowest BCUT2D eigenvalue weighted by atomic mass is 10.1. The standard InChI is InChI=1S/C12H14F2O3/c1-12(2,3)17-11(15)10-8(13)5-7(16-4)6-9(10)14/h5-6H,1-4H3. The van der Waals surface area contributed by atoms with Crippen LogP contribution < -0.4 is 4.74 Å². The zero-order chi connectivity index (χ0) is 13.2. The molecule has 0 fully saturated rings. The van der Waals surface area contributed by atoms with Gasteiger partial charge in [0.15, 0.2) is 0 Å². The van der Waals surface area contributed by atoms with E-state index in [2.05, 4.69) is 4.74 Å². The van der Waals surface area contributed by atoms with Gasteiger partial charge >= 0.3 is 5.97 Å². The fourth-order valence-electron chi connectivity index (χ4n) is 1.19. The van der Waals surface area contributed by atoms with Gasteiger partial charge in [0.05, 0.1) is 7.11 Å². The summed E-state index contributed by atoms with van der Waals surface area (Å²) in [5.74, 6) is -3.03. The maximum atomic E-state index is 13.5. The molecule has 0 atom stereocenters. The third-order valence-electron chi connectivity index (χ3n) is 1.85. The van der Waals surface area contributed by atoms with Crippen molar-refractivity contribution in [3.05, 3.63) is 29.3 Å². The zero-order valence-corrected chi connectivity index (χ0v) is 10.1. The Morgan fingerprint density at radius 2 is 1.65 bits per heavy atom. The highest BCUT2D eigenvalue weighted by Gasteiger charge is 2.24. The Labute approximate surface area is 98.3 Å². The molecule has 0 radical (unpaired) electrons. The molecular weight excluding hydrogens is 230 g/mol. The first-order chi connectivity index (χ1) is 7.74. The van der Waals surface area contributed by atoms with Crippen molar-refractivity contribution in [3.8, 4) is 5.75 Å². The molecule has 1 rings (SSSR count). The molecule has 0 N–H and O–H groups in total. The number of rotatable bonds is 2. The predicted molar refractivity (Wildman–Crippen MR) is 58.1 cm³/mol. The van der Waals surface area contributed by atoms with Crippen molar-refractivity contribution in [3.63, 3.8) is 0 Å². The largest absolute Gasteiger partial charge is 0.497 e. The van der Waals surface area contributed by atoms with E-state index in [1.807, 2.05) is 0 Å². The molecule has 0 aromatic heterocycles. The Bertz CT molecular complexity index is 413. The topological polar surface area (TPSA) is 35.5 Å². The Hall–Kier alpha value is -1.65. The number of ether oxygens (including phenoxy) is 2. The van der Waals surface area contributed by atoms with E-state index >= 15 is 0 Å². The molecule has 0 saturated heterocycles. The molecule has 0 aliphatic heterocycles. The van der Waals surface area contributed by atoms with E-state index in [0.29, 0.717) is 0 Å². The van der Waals surface area contributed by atoms with Gasteiger partial charge in [-0.2, -0.15) is 0 Å². The number of carbonyl (C=O) groups excluding carboxylic acids is 1. The molecule has 0 spiro atoms. The predicted octanol–water partition coefficient (Wildman–Crippen LogP) is 2.93. The van der Waals surface area contributed by atoms with Crippen LogP contribution in [0.2, 0.25) is 0 Å². The maximum Gasteiger partial charge on any atom is 0.344 e. The average molecular weight is 244 g/mol. The van der Waals surface area contributed by atoms with E-state index in [9.17, 15) is 13.6 Å². The Kier molecular flexibility index (Phi) is 3.70. The summed E-state index contributed by atoms with van der Waals surface area (Å²) in [5.41, 5.74) is -1.52. The SMILES string of the molecule is COc1cc(F)c(C(=O)OC(C)(C)C)c(F)c1. The molecule has 3 nitrogen and oxygen atoms in total. The van der Waals surface area contributed by atoms with Gasteiger partial charge in [-0.3, -0.25) is 0 Å². The number of esters is 1. The number of carbonyl (C=O) groups is 1. The molecule has 0 saturated carbocycles. The summed E-state index contributed by atoms with van der Waals surface area (Å²) in [4.78, 5) is 11.6. The number of hydrogen-bond acceptors (Lipinski definition) is 3. The van der Waals surface area contributed by atoms with E-state index in [-0.39, 0.29) is 5.75 Å². The summed E-state index contributed by atoms with van der Waals surface area (Å²) in [6, 6.07) is 1.87. The monoisotopic (exact) mass is 244 g/mol. The quantitative estimate of drug-likeness (QED) is 0.750. The number of benzene rings is 1. The molecule has 0 amide bonds. The van der Waals surface area contributed by atoms with Gasteiger partial charge in [-0.05, 0) is 20.8 Å². The highest BCUT2D eigenvalue weighted by Crippen LogP contribution is 2.22. The molecule has 1 aromatic rings. The fraction of sp³-hybridized carbons (Fsp3) is 0.417. The zero-order valence-electron chi connectivity index (χ0n) is 10.1. The van der Waals surface area contributed by atoms with Crippen molar-refractivity contribution in [2.24, 2.45) is 0 Å². The van der Waals surface area contributed by atoms with Crippen LogP contribution in [0.4, 0.5) is 8.78 Å². The van der Waals surface area contributed by atoms with Crippen molar-refractivity contribution >= 4 is 5.97 Å². The van der Waals surface area contributed by atoms with Crippen LogP contribution in [0.3, 0.4) is 0 Å². The van der Waals surface area contributed by atoms with Crippen molar-refractivity contribution in [2.75, 3.05) is 7.11 Å². The van der Waals surface area contributed by atoms with Gasteiger partial charge in [0.1, 0.15) is 28.5 Å². The van der Waals surface area contributed by atoms with Crippen LogP contribution in [-0.2, 0) is 4.74 Å². The van der Waals surface area contributed by atoms with Gasteiger partial charge in [-0.15, -0.1) is 0 Å². The molecule has 0 unspecified atom stereocenters. The van der Waals surface area contributed by atoms with Crippen molar-refractivity contribution < 1.29 is 23.0 Å². The first kappa shape index (κ1) is 13.4. The average Bonchev–Trinajstić information content (AvgIpc) is 2.13. The normalized spacial score (nSPS) is 11.2. The first-order valence-corrected chi connectivity index (χ1v) is 5.01. The minimum absolute atomic E-state index is 0.00677. The fourth-order valence-corrected chi connectivity index (χ4v) is 1.19. The summed E-state index contributed by atoms with van der Waals surface area (Å²) in [7, 11) is 1.28. The van der Waals surface area contributed by atoms with Gasteiger partial charge in [-0.25, -0.2) is 13.6 Å². The molecule has 0 heterocycles. The molecule has 0 aliphatic rings. The van der Waals surface area contributed by atoms with E-state index in [1.54, 1.807) is 20.8 Å². The summed E-state index contributed by atoms with van der Waals surface area (Å²) in [5, 5.41) is 0. The highest BCUT2D eigenvalue weighted by molar-refractivity contribution is 5.90. The third-order valence-corrected chi connectivity index (χ3v) is 1.85. The molecule has 5 heteroatoms. The number of hydrogen-bond donors (Lipinski definition) is 0. The Balaban J connectivity index is 3.10. The van der Waals surface area contributed by atoms with Gasteiger partial charge in [0.25, 0.3) is 0 Å². The molecule has 0 bridgehead atoms. The third kappa shape index (κ3) is 3.41. The minimum Gasteiger partial charge on any atom is -0.497 e. The second-order valence-corrected chi connectivity index (χ2v) is 4.47. The van der Waals surface area contributed by atoms with Crippen LogP contribution in [0.15, 0.2) is 12.1 Å². The lowest BCUT2D eigenvalue weighted by Crippen LogP contribution is -2.25.